The largest absolute Gasteiger partial charge is 0.451 e. The van der Waals surface area contributed by atoms with E-state index in [0.717, 1.165) is 48.9 Å². The molecule has 1 unspecified atom stereocenters. The summed E-state index contributed by atoms with van der Waals surface area (Å²) in [5.74, 6) is 0.416. The molecule has 0 aliphatic carbocycles. The molecule has 4 rings (SSSR count). The Morgan fingerprint density at radius 1 is 1.33 bits per heavy atom. The molecule has 3 aromatic rings. The van der Waals surface area contributed by atoms with Crippen molar-refractivity contribution >= 4 is 16.9 Å². The van der Waals surface area contributed by atoms with E-state index in [1.165, 1.54) is 0 Å². The fourth-order valence-electron chi connectivity index (χ4n) is 3.47. The molecule has 1 saturated heterocycles. The Bertz CT molecular complexity index is 831. The number of benzene rings is 1. The second kappa shape index (κ2) is 6.15. The van der Waals surface area contributed by atoms with Gasteiger partial charge in [0.25, 0.3) is 5.91 Å². The van der Waals surface area contributed by atoms with Gasteiger partial charge in [-0.25, -0.2) is 0 Å². The summed E-state index contributed by atoms with van der Waals surface area (Å²) in [6, 6.07) is 9.75. The average Bonchev–Trinajstić information content (AvgIpc) is 3.20. The average molecular weight is 323 g/mol. The van der Waals surface area contributed by atoms with E-state index >= 15 is 0 Å². The number of piperidine rings is 1. The van der Waals surface area contributed by atoms with Crippen LogP contribution in [0.3, 0.4) is 0 Å². The Kier molecular flexibility index (Phi) is 3.84. The van der Waals surface area contributed by atoms with E-state index in [9.17, 15) is 4.79 Å². The van der Waals surface area contributed by atoms with Gasteiger partial charge in [-0.05, 0) is 43.9 Å². The third-order valence-electron chi connectivity index (χ3n) is 4.68. The molecule has 1 amide bonds. The fraction of sp³-hybridized carbons (Fsp3) is 0.368. The number of hydrogen-bond donors (Lipinski definition) is 0. The molecule has 0 spiro atoms. The van der Waals surface area contributed by atoms with Gasteiger partial charge in [-0.2, -0.15) is 5.10 Å². The highest BCUT2D eigenvalue weighted by atomic mass is 16.3. The van der Waals surface area contributed by atoms with Crippen LogP contribution in [0.4, 0.5) is 0 Å². The summed E-state index contributed by atoms with van der Waals surface area (Å²) in [5, 5.41) is 5.34. The van der Waals surface area contributed by atoms with Crippen molar-refractivity contribution in [3.63, 3.8) is 0 Å². The number of carbonyl (C=O) groups excluding carboxylic acids is 1. The van der Waals surface area contributed by atoms with Gasteiger partial charge in [0.1, 0.15) is 5.58 Å². The van der Waals surface area contributed by atoms with Crippen molar-refractivity contribution in [3.05, 3.63) is 54.0 Å². The van der Waals surface area contributed by atoms with E-state index in [1.807, 2.05) is 59.2 Å². The topological polar surface area (TPSA) is 51.3 Å². The number of hydrogen-bond acceptors (Lipinski definition) is 3. The second-order valence-corrected chi connectivity index (χ2v) is 6.54. The van der Waals surface area contributed by atoms with Crippen molar-refractivity contribution in [2.75, 3.05) is 6.54 Å². The van der Waals surface area contributed by atoms with Crippen molar-refractivity contribution in [2.24, 2.45) is 0 Å². The number of aryl methyl sites for hydroxylation is 1. The van der Waals surface area contributed by atoms with Crippen LogP contribution in [0.15, 0.2) is 47.1 Å². The standard InChI is InChI=1S/C19H21N3O2/c1-14-11-20-21(12-14)13-16-7-4-5-9-22(16)19(23)18-10-15-6-2-3-8-17(15)24-18/h2-3,6,8,10-12,16H,4-5,7,9,13H2,1H3. The second-order valence-electron chi connectivity index (χ2n) is 6.54. The van der Waals surface area contributed by atoms with Gasteiger partial charge in [-0.3, -0.25) is 9.48 Å². The summed E-state index contributed by atoms with van der Waals surface area (Å²) in [6.45, 7) is 3.54. The molecule has 0 N–H and O–H groups in total. The SMILES string of the molecule is Cc1cnn(CC2CCCCN2C(=O)c2cc3ccccc3o2)c1. The van der Waals surface area contributed by atoms with Gasteiger partial charge in [0.05, 0.1) is 18.8 Å². The lowest BCUT2D eigenvalue weighted by Crippen LogP contribution is -2.45. The van der Waals surface area contributed by atoms with Crippen molar-refractivity contribution in [1.82, 2.24) is 14.7 Å². The zero-order valence-corrected chi connectivity index (χ0v) is 13.8. The minimum Gasteiger partial charge on any atom is -0.451 e. The quantitative estimate of drug-likeness (QED) is 0.739. The smallest absolute Gasteiger partial charge is 0.289 e. The summed E-state index contributed by atoms with van der Waals surface area (Å²) in [6.07, 6.45) is 7.08. The summed E-state index contributed by atoms with van der Waals surface area (Å²) >= 11 is 0. The van der Waals surface area contributed by atoms with Gasteiger partial charge >= 0.3 is 0 Å². The maximum Gasteiger partial charge on any atom is 0.289 e. The number of likely N-dealkylation sites (tertiary alicyclic amines) is 1. The number of furan rings is 1. The van der Waals surface area contributed by atoms with Crippen LogP contribution in [0.5, 0.6) is 0 Å². The lowest BCUT2D eigenvalue weighted by atomic mass is 10.0. The van der Waals surface area contributed by atoms with Crippen LogP contribution in [-0.4, -0.2) is 33.2 Å². The maximum atomic E-state index is 13.0. The van der Waals surface area contributed by atoms with Gasteiger partial charge < -0.3 is 9.32 Å². The van der Waals surface area contributed by atoms with Crippen LogP contribution < -0.4 is 0 Å². The van der Waals surface area contributed by atoms with E-state index in [2.05, 4.69) is 5.10 Å². The fourth-order valence-corrected chi connectivity index (χ4v) is 3.47. The number of amides is 1. The normalized spacial score (nSPS) is 18.2. The van der Waals surface area contributed by atoms with E-state index in [1.54, 1.807) is 0 Å². The van der Waals surface area contributed by atoms with E-state index in [4.69, 9.17) is 4.42 Å². The highest BCUT2D eigenvalue weighted by molar-refractivity contribution is 5.96. The highest BCUT2D eigenvalue weighted by Gasteiger charge is 2.29. The number of fused-ring (bicyclic) bond motifs is 1. The molecule has 1 aliphatic heterocycles. The van der Waals surface area contributed by atoms with Gasteiger partial charge in [-0.15, -0.1) is 0 Å². The molecule has 1 atom stereocenters. The van der Waals surface area contributed by atoms with Crippen LogP contribution in [-0.2, 0) is 6.54 Å². The third-order valence-corrected chi connectivity index (χ3v) is 4.68. The Labute approximate surface area is 140 Å². The van der Waals surface area contributed by atoms with Crippen molar-refractivity contribution in [3.8, 4) is 0 Å². The van der Waals surface area contributed by atoms with Crippen LogP contribution in [0, 0.1) is 6.92 Å². The van der Waals surface area contributed by atoms with Crippen molar-refractivity contribution in [2.45, 2.75) is 38.8 Å². The Hall–Kier alpha value is -2.56. The van der Waals surface area contributed by atoms with Crippen LogP contribution in [0.2, 0.25) is 0 Å². The Morgan fingerprint density at radius 3 is 3.00 bits per heavy atom. The van der Waals surface area contributed by atoms with E-state index in [-0.39, 0.29) is 11.9 Å². The van der Waals surface area contributed by atoms with Gasteiger partial charge in [0.2, 0.25) is 0 Å². The molecule has 124 valence electrons. The van der Waals surface area contributed by atoms with Gasteiger partial charge in [-0.1, -0.05) is 18.2 Å². The maximum absolute atomic E-state index is 13.0. The molecule has 0 radical (unpaired) electrons. The first-order valence-corrected chi connectivity index (χ1v) is 8.49. The van der Waals surface area contributed by atoms with Crippen LogP contribution in [0.1, 0.15) is 35.4 Å². The number of carbonyl (C=O) groups is 1. The monoisotopic (exact) mass is 323 g/mol. The number of rotatable bonds is 3. The molecule has 1 aliphatic rings. The molecule has 3 heterocycles. The molecular formula is C19H21N3O2. The molecular weight excluding hydrogens is 302 g/mol. The summed E-state index contributed by atoms with van der Waals surface area (Å²) in [7, 11) is 0. The first-order chi connectivity index (χ1) is 11.7. The zero-order valence-electron chi connectivity index (χ0n) is 13.8. The van der Waals surface area contributed by atoms with Crippen LogP contribution >= 0.6 is 0 Å². The molecule has 5 heteroatoms. The molecule has 24 heavy (non-hydrogen) atoms. The molecule has 5 nitrogen and oxygen atoms in total. The minimum absolute atomic E-state index is 0.0141. The lowest BCUT2D eigenvalue weighted by molar-refractivity contribution is 0.0554. The predicted octanol–water partition coefficient (Wildman–Crippen LogP) is 3.63. The number of para-hydroxylation sites is 1. The third kappa shape index (κ3) is 2.82. The summed E-state index contributed by atoms with van der Waals surface area (Å²) < 4.78 is 7.71. The molecule has 0 bridgehead atoms. The summed E-state index contributed by atoms with van der Waals surface area (Å²) in [5.41, 5.74) is 1.90. The Balaban J connectivity index is 1.58. The molecule has 1 aromatic carbocycles. The highest BCUT2D eigenvalue weighted by Crippen LogP contribution is 2.24. The Morgan fingerprint density at radius 2 is 2.21 bits per heavy atom. The van der Waals surface area contributed by atoms with Gasteiger partial charge in [0, 0.05) is 18.1 Å². The van der Waals surface area contributed by atoms with E-state index in [0.29, 0.717) is 5.76 Å². The van der Waals surface area contributed by atoms with E-state index < -0.39 is 0 Å². The predicted molar refractivity (Wildman–Crippen MR) is 91.9 cm³/mol. The first-order valence-electron chi connectivity index (χ1n) is 8.49. The molecule has 0 saturated carbocycles. The summed E-state index contributed by atoms with van der Waals surface area (Å²) in [4.78, 5) is 14.9. The van der Waals surface area contributed by atoms with Crippen molar-refractivity contribution in [1.29, 1.82) is 0 Å². The number of nitrogens with zero attached hydrogens (tertiary/aromatic N) is 3. The van der Waals surface area contributed by atoms with Crippen molar-refractivity contribution < 1.29 is 9.21 Å². The first kappa shape index (κ1) is 15.0. The number of aromatic nitrogens is 2. The lowest BCUT2D eigenvalue weighted by Gasteiger charge is -2.35. The van der Waals surface area contributed by atoms with Crippen LogP contribution in [0.25, 0.3) is 11.0 Å². The molecule has 1 fully saturated rings. The molecule has 2 aromatic heterocycles. The van der Waals surface area contributed by atoms with Gasteiger partial charge in [0.15, 0.2) is 5.76 Å². The minimum atomic E-state index is -0.0141. The zero-order chi connectivity index (χ0) is 16.5.